The van der Waals surface area contributed by atoms with Gasteiger partial charge >= 0.3 is 0 Å². The second-order valence-electron chi connectivity index (χ2n) is 4.80. The van der Waals surface area contributed by atoms with E-state index >= 15 is 0 Å². The first-order valence-corrected chi connectivity index (χ1v) is 6.67. The van der Waals surface area contributed by atoms with Crippen molar-refractivity contribution in [1.82, 2.24) is 9.47 Å². The third kappa shape index (κ3) is 3.19. The molecule has 0 radical (unpaired) electrons. The van der Waals surface area contributed by atoms with Gasteiger partial charge in [0.05, 0.1) is 0 Å². The van der Waals surface area contributed by atoms with Crippen LogP contribution in [0.5, 0.6) is 0 Å². The molecule has 2 rings (SSSR count). The van der Waals surface area contributed by atoms with E-state index in [-0.39, 0.29) is 0 Å². The molecule has 1 aliphatic rings. The van der Waals surface area contributed by atoms with E-state index in [2.05, 4.69) is 23.3 Å². The minimum atomic E-state index is 0.327. The van der Waals surface area contributed by atoms with Gasteiger partial charge in [-0.3, -0.25) is 4.79 Å². The molecule has 1 aromatic heterocycles. The fourth-order valence-electron chi connectivity index (χ4n) is 2.10. The average molecular weight is 234 g/mol. The van der Waals surface area contributed by atoms with E-state index < -0.39 is 0 Å². The van der Waals surface area contributed by atoms with Crippen molar-refractivity contribution in [2.45, 2.75) is 33.2 Å². The Bertz CT molecular complexity index is 375. The predicted octanol–water partition coefficient (Wildman–Crippen LogP) is 2.42. The number of rotatable bonds is 7. The molecule has 0 bridgehead atoms. The summed E-state index contributed by atoms with van der Waals surface area (Å²) in [6.07, 6.45) is 6.20. The molecule has 1 aliphatic carbocycles. The van der Waals surface area contributed by atoms with Gasteiger partial charge < -0.3 is 9.47 Å². The van der Waals surface area contributed by atoms with Crippen LogP contribution in [0.3, 0.4) is 0 Å². The SMILES string of the molecule is CCN(CC)CCn1ccc(C(=O)C2CC2)c1. The van der Waals surface area contributed by atoms with Crippen molar-refractivity contribution in [2.24, 2.45) is 5.92 Å². The van der Waals surface area contributed by atoms with Crippen LogP contribution in [0, 0.1) is 5.92 Å². The largest absolute Gasteiger partial charge is 0.352 e. The van der Waals surface area contributed by atoms with Gasteiger partial charge in [0.25, 0.3) is 0 Å². The van der Waals surface area contributed by atoms with E-state index in [4.69, 9.17) is 0 Å². The normalized spacial score (nSPS) is 15.5. The smallest absolute Gasteiger partial charge is 0.167 e. The summed E-state index contributed by atoms with van der Waals surface area (Å²) in [6.45, 7) is 8.57. The monoisotopic (exact) mass is 234 g/mol. The van der Waals surface area contributed by atoms with Crippen LogP contribution in [-0.4, -0.2) is 34.9 Å². The maximum atomic E-state index is 11.8. The molecule has 3 nitrogen and oxygen atoms in total. The number of carbonyl (C=O) groups is 1. The maximum Gasteiger partial charge on any atom is 0.167 e. The van der Waals surface area contributed by atoms with E-state index in [1.54, 1.807) is 0 Å². The van der Waals surface area contributed by atoms with Crippen LogP contribution in [0.4, 0.5) is 0 Å². The second-order valence-corrected chi connectivity index (χ2v) is 4.80. The van der Waals surface area contributed by atoms with Crippen molar-refractivity contribution in [1.29, 1.82) is 0 Å². The van der Waals surface area contributed by atoms with Gasteiger partial charge in [-0.1, -0.05) is 13.8 Å². The molecule has 94 valence electrons. The highest BCUT2D eigenvalue weighted by atomic mass is 16.1. The number of ketones is 1. The van der Waals surface area contributed by atoms with Crippen molar-refractivity contribution >= 4 is 5.78 Å². The summed E-state index contributed by atoms with van der Waals surface area (Å²) in [7, 11) is 0. The summed E-state index contributed by atoms with van der Waals surface area (Å²) in [5, 5.41) is 0. The first-order valence-electron chi connectivity index (χ1n) is 6.67. The lowest BCUT2D eigenvalue weighted by molar-refractivity contribution is 0.0967. The van der Waals surface area contributed by atoms with Crippen molar-refractivity contribution in [2.75, 3.05) is 19.6 Å². The van der Waals surface area contributed by atoms with Crippen LogP contribution in [0.1, 0.15) is 37.0 Å². The van der Waals surface area contributed by atoms with Gasteiger partial charge in [-0.05, 0) is 32.0 Å². The van der Waals surface area contributed by atoms with Crippen LogP contribution in [-0.2, 0) is 6.54 Å². The Labute approximate surface area is 103 Å². The van der Waals surface area contributed by atoms with E-state index in [0.29, 0.717) is 11.7 Å². The Morgan fingerprint density at radius 3 is 2.71 bits per heavy atom. The minimum absolute atomic E-state index is 0.327. The first kappa shape index (κ1) is 12.4. The van der Waals surface area contributed by atoms with Crippen LogP contribution < -0.4 is 0 Å². The Kier molecular flexibility index (Phi) is 4.00. The number of Topliss-reactive ketones (excluding diaryl/α,β-unsaturated/α-hetero) is 1. The Balaban J connectivity index is 1.87. The number of hydrogen-bond acceptors (Lipinski definition) is 2. The summed E-state index contributed by atoms with van der Waals surface area (Å²) < 4.78 is 2.13. The minimum Gasteiger partial charge on any atom is -0.352 e. The molecule has 1 fully saturated rings. The Morgan fingerprint density at radius 1 is 1.41 bits per heavy atom. The molecule has 0 atom stereocenters. The summed E-state index contributed by atoms with van der Waals surface area (Å²) in [5.41, 5.74) is 0.895. The number of carbonyl (C=O) groups excluding carboxylic acids is 1. The van der Waals surface area contributed by atoms with E-state index in [9.17, 15) is 4.79 Å². The zero-order valence-electron chi connectivity index (χ0n) is 10.9. The predicted molar refractivity (Wildman–Crippen MR) is 69.3 cm³/mol. The topological polar surface area (TPSA) is 25.2 Å². The van der Waals surface area contributed by atoms with E-state index in [0.717, 1.165) is 44.6 Å². The third-order valence-corrected chi connectivity index (χ3v) is 3.55. The van der Waals surface area contributed by atoms with Gasteiger partial charge in [0.1, 0.15) is 0 Å². The molecule has 1 heterocycles. The van der Waals surface area contributed by atoms with Gasteiger partial charge in [-0.15, -0.1) is 0 Å². The van der Waals surface area contributed by atoms with Gasteiger partial charge in [0.15, 0.2) is 5.78 Å². The molecule has 0 amide bonds. The Hall–Kier alpha value is -1.09. The number of likely N-dealkylation sites (N-methyl/N-ethyl adjacent to an activating group) is 1. The van der Waals surface area contributed by atoms with Crippen LogP contribution >= 0.6 is 0 Å². The van der Waals surface area contributed by atoms with Gasteiger partial charge in [0, 0.05) is 37.0 Å². The third-order valence-electron chi connectivity index (χ3n) is 3.55. The summed E-state index contributed by atoms with van der Waals surface area (Å²) in [5.74, 6) is 0.667. The van der Waals surface area contributed by atoms with Crippen LogP contribution in [0.25, 0.3) is 0 Å². The highest BCUT2D eigenvalue weighted by Gasteiger charge is 2.30. The molecule has 0 aromatic carbocycles. The fraction of sp³-hybridized carbons (Fsp3) is 0.643. The molecular weight excluding hydrogens is 212 g/mol. The van der Waals surface area contributed by atoms with Crippen LogP contribution in [0.2, 0.25) is 0 Å². The summed E-state index contributed by atoms with van der Waals surface area (Å²) >= 11 is 0. The molecule has 0 saturated heterocycles. The second kappa shape index (κ2) is 5.50. The Morgan fingerprint density at radius 2 is 2.12 bits per heavy atom. The zero-order valence-corrected chi connectivity index (χ0v) is 10.9. The van der Waals surface area contributed by atoms with E-state index in [1.807, 2.05) is 18.5 Å². The van der Waals surface area contributed by atoms with Crippen molar-refractivity contribution in [3.8, 4) is 0 Å². The quantitative estimate of drug-likeness (QED) is 0.677. The van der Waals surface area contributed by atoms with Crippen LogP contribution in [0.15, 0.2) is 18.5 Å². The van der Waals surface area contributed by atoms with Gasteiger partial charge in [-0.25, -0.2) is 0 Å². The molecule has 0 unspecified atom stereocenters. The molecule has 0 aliphatic heterocycles. The highest BCUT2D eigenvalue weighted by Crippen LogP contribution is 2.32. The standard InChI is InChI=1S/C14H22N2O/c1-3-15(4-2)9-10-16-8-7-13(11-16)14(17)12-5-6-12/h7-8,11-12H,3-6,9-10H2,1-2H3. The molecular formula is C14H22N2O. The van der Waals surface area contributed by atoms with Crippen molar-refractivity contribution in [3.05, 3.63) is 24.0 Å². The fourth-order valence-corrected chi connectivity index (χ4v) is 2.10. The molecule has 1 saturated carbocycles. The summed E-state index contributed by atoms with van der Waals surface area (Å²) in [6, 6.07) is 1.96. The van der Waals surface area contributed by atoms with Crippen molar-refractivity contribution < 1.29 is 4.79 Å². The molecule has 17 heavy (non-hydrogen) atoms. The number of hydrogen-bond donors (Lipinski definition) is 0. The maximum absolute atomic E-state index is 11.8. The zero-order chi connectivity index (χ0) is 12.3. The lowest BCUT2D eigenvalue weighted by Crippen LogP contribution is -2.26. The lowest BCUT2D eigenvalue weighted by atomic mass is 10.1. The lowest BCUT2D eigenvalue weighted by Gasteiger charge is -2.17. The van der Waals surface area contributed by atoms with Gasteiger partial charge in [-0.2, -0.15) is 0 Å². The molecule has 0 spiro atoms. The molecule has 3 heteroatoms. The first-order chi connectivity index (χ1) is 8.24. The highest BCUT2D eigenvalue weighted by molar-refractivity contribution is 5.99. The summed E-state index contributed by atoms with van der Waals surface area (Å²) in [4.78, 5) is 14.2. The average Bonchev–Trinajstić information content (AvgIpc) is 3.09. The molecule has 0 N–H and O–H groups in total. The van der Waals surface area contributed by atoms with E-state index in [1.165, 1.54) is 0 Å². The molecule has 1 aromatic rings. The number of aromatic nitrogens is 1. The van der Waals surface area contributed by atoms with Crippen molar-refractivity contribution in [3.63, 3.8) is 0 Å². The van der Waals surface area contributed by atoms with Gasteiger partial charge in [0.2, 0.25) is 0 Å². The number of nitrogens with zero attached hydrogens (tertiary/aromatic N) is 2.